The standard InChI is InChI=1S/2C9H10O3.2C4H9.Sn/c2*1-12-8(9(10)11)7-5-3-2-4-6-7;2*1-3-4-2;/h2*2-6,8H,1H3,(H,10,11);2*1,3-4H2,2H3;/q;;;;+2/p-2/t2*8-;;;/m11.../s1. The van der Waals surface area contributed by atoms with Gasteiger partial charge in [0.2, 0.25) is 0 Å². The maximum atomic E-state index is 13.3. The van der Waals surface area contributed by atoms with E-state index in [-0.39, 0.29) is 0 Å². The predicted octanol–water partition coefficient (Wildman–Crippen LogP) is 5.89. The van der Waals surface area contributed by atoms with Crippen LogP contribution < -0.4 is 0 Å². The Labute approximate surface area is 202 Å². The van der Waals surface area contributed by atoms with Gasteiger partial charge in [-0.15, -0.1) is 0 Å². The first-order valence-electron chi connectivity index (χ1n) is 11.6. The van der Waals surface area contributed by atoms with Crippen LogP contribution in [0, 0.1) is 0 Å². The molecular formula is C26H36O6Sn. The molecule has 180 valence electrons. The third kappa shape index (κ3) is 8.12. The summed E-state index contributed by atoms with van der Waals surface area (Å²) in [6.45, 7) is 4.15. The summed E-state index contributed by atoms with van der Waals surface area (Å²) in [5.41, 5.74) is 1.42. The summed E-state index contributed by atoms with van der Waals surface area (Å²) in [4.78, 5) is 26.6. The number of hydrogen-bond donors (Lipinski definition) is 0. The topological polar surface area (TPSA) is 71.1 Å². The van der Waals surface area contributed by atoms with Crippen molar-refractivity contribution >= 4 is 31.1 Å². The molecule has 33 heavy (non-hydrogen) atoms. The average Bonchev–Trinajstić information content (AvgIpc) is 2.83. The van der Waals surface area contributed by atoms with E-state index in [1.807, 2.05) is 60.7 Å². The van der Waals surface area contributed by atoms with Crippen LogP contribution in [0.5, 0.6) is 0 Å². The molecule has 0 saturated heterocycles. The van der Waals surface area contributed by atoms with Gasteiger partial charge in [0.15, 0.2) is 0 Å². The van der Waals surface area contributed by atoms with Crippen molar-refractivity contribution in [3.8, 4) is 0 Å². The van der Waals surface area contributed by atoms with Crippen LogP contribution in [0.25, 0.3) is 0 Å². The molecule has 0 N–H and O–H groups in total. The Kier molecular flexibility index (Phi) is 11.9. The van der Waals surface area contributed by atoms with Crippen molar-refractivity contribution in [2.75, 3.05) is 14.2 Å². The zero-order valence-electron chi connectivity index (χ0n) is 20.1. The first-order valence-corrected chi connectivity index (χ1v) is 18.0. The Hall–Kier alpha value is -1.90. The van der Waals surface area contributed by atoms with E-state index >= 15 is 0 Å². The molecule has 0 saturated carbocycles. The van der Waals surface area contributed by atoms with Gasteiger partial charge in [-0.25, -0.2) is 0 Å². The van der Waals surface area contributed by atoms with E-state index in [0.29, 0.717) is 20.0 Å². The fourth-order valence-corrected chi connectivity index (χ4v) is 13.5. The zero-order chi connectivity index (χ0) is 24.1. The van der Waals surface area contributed by atoms with Crippen LogP contribution in [0.1, 0.15) is 62.9 Å². The number of carbonyl (C=O) groups excluding carboxylic acids is 2. The maximum absolute atomic E-state index is 13.3. The summed E-state index contributed by atoms with van der Waals surface area (Å²) in [7, 11) is 2.97. The first-order chi connectivity index (χ1) is 16.0. The molecule has 0 aliphatic heterocycles. The Bertz CT molecular complexity index is 771. The molecule has 0 unspecified atom stereocenters. The van der Waals surface area contributed by atoms with E-state index in [1.165, 1.54) is 14.2 Å². The summed E-state index contributed by atoms with van der Waals surface area (Å²) >= 11 is -4.20. The number of benzene rings is 2. The number of carbonyl (C=O) groups is 2. The van der Waals surface area contributed by atoms with E-state index in [0.717, 1.165) is 25.7 Å². The molecule has 0 radical (unpaired) electrons. The summed E-state index contributed by atoms with van der Waals surface area (Å²) in [5.74, 6) is -0.985. The number of unbranched alkanes of at least 4 members (excludes halogenated alkanes) is 2. The van der Waals surface area contributed by atoms with Gasteiger partial charge in [0, 0.05) is 0 Å². The van der Waals surface area contributed by atoms with Gasteiger partial charge in [0.1, 0.15) is 0 Å². The normalized spacial score (nSPS) is 13.2. The number of rotatable bonds is 14. The van der Waals surface area contributed by atoms with Gasteiger partial charge in [-0.2, -0.15) is 0 Å². The molecule has 0 amide bonds. The Morgan fingerprint density at radius 2 is 1.06 bits per heavy atom. The van der Waals surface area contributed by atoms with Gasteiger partial charge in [-0.3, -0.25) is 0 Å². The van der Waals surface area contributed by atoms with Crippen molar-refractivity contribution in [2.45, 2.75) is 60.6 Å². The van der Waals surface area contributed by atoms with Crippen LogP contribution in [0.4, 0.5) is 0 Å². The number of methoxy groups -OCH3 is 2. The van der Waals surface area contributed by atoms with Crippen LogP contribution in [0.3, 0.4) is 0 Å². The minimum absolute atomic E-state index is 0.492. The summed E-state index contributed by atoms with van der Waals surface area (Å²) in [5, 5.41) is 0. The van der Waals surface area contributed by atoms with Crippen LogP contribution in [0.2, 0.25) is 8.87 Å². The van der Waals surface area contributed by atoms with Gasteiger partial charge < -0.3 is 0 Å². The quantitative estimate of drug-likeness (QED) is 0.267. The van der Waals surface area contributed by atoms with Crippen molar-refractivity contribution in [3.63, 3.8) is 0 Å². The molecular weight excluding hydrogens is 527 g/mol. The van der Waals surface area contributed by atoms with Gasteiger partial charge in [0.05, 0.1) is 0 Å². The monoisotopic (exact) mass is 564 g/mol. The van der Waals surface area contributed by atoms with Crippen LogP contribution >= 0.6 is 0 Å². The fourth-order valence-electron chi connectivity index (χ4n) is 3.71. The second-order valence-corrected chi connectivity index (χ2v) is 17.2. The van der Waals surface area contributed by atoms with Crippen molar-refractivity contribution in [1.29, 1.82) is 0 Å². The van der Waals surface area contributed by atoms with Crippen molar-refractivity contribution in [2.24, 2.45) is 0 Å². The zero-order valence-corrected chi connectivity index (χ0v) is 23.0. The van der Waals surface area contributed by atoms with Gasteiger partial charge >= 0.3 is 203 Å². The van der Waals surface area contributed by atoms with Crippen LogP contribution in [0.15, 0.2) is 60.7 Å². The second-order valence-electron chi connectivity index (χ2n) is 8.01. The Morgan fingerprint density at radius 3 is 1.36 bits per heavy atom. The van der Waals surface area contributed by atoms with Gasteiger partial charge in [-0.1, -0.05) is 0 Å². The molecule has 0 aliphatic carbocycles. The summed E-state index contributed by atoms with van der Waals surface area (Å²) in [6.07, 6.45) is 1.75. The molecule has 6 nitrogen and oxygen atoms in total. The third-order valence-corrected chi connectivity index (χ3v) is 15.1. The van der Waals surface area contributed by atoms with E-state index in [2.05, 4.69) is 13.8 Å². The molecule has 0 bridgehead atoms. The molecule has 0 aliphatic rings. The number of hydrogen-bond acceptors (Lipinski definition) is 6. The Balaban J connectivity index is 2.33. The average molecular weight is 563 g/mol. The van der Waals surface area contributed by atoms with Crippen LogP contribution in [-0.2, 0) is 25.2 Å². The first kappa shape index (κ1) is 27.3. The minimum atomic E-state index is -4.20. The number of ether oxygens (including phenoxy) is 2. The van der Waals surface area contributed by atoms with E-state index in [4.69, 9.17) is 15.6 Å². The second kappa shape index (κ2) is 14.4. The van der Waals surface area contributed by atoms with E-state index in [1.54, 1.807) is 0 Å². The fraction of sp³-hybridized carbons (Fsp3) is 0.462. The SMILES string of the molecule is CCC[CH2][Sn]([CH2]CCC)([O]C(=O)[C@H](OC)c1ccccc1)[O]C(=O)[C@H](OC)c1ccccc1. The van der Waals surface area contributed by atoms with E-state index < -0.39 is 43.4 Å². The van der Waals surface area contributed by atoms with Gasteiger partial charge in [-0.05, 0) is 0 Å². The molecule has 2 aromatic carbocycles. The van der Waals surface area contributed by atoms with Crippen molar-refractivity contribution in [1.82, 2.24) is 0 Å². The molecule has 2 aromatic rings. The predicted molar refractivity (Wildman–Crippen MR) is 130 cm³/mol. The van der Waals surface area contributed by atoms with E-state index in [9.17, 15) is 9.59 Å². The van der Waals surface area contributed by atoms with Crippen molar-refractivity contribution < 1.29 is 25.2 Å². The Morgan fingerprint density at radius 1 is 0.697 bits per heavy atom. The molecule has 0 spiro atoms. The molecule has 7 heteroatoms. The third-order valence-electron chi connectivity index (χ3n) is 5.50. The summed E-state index contributed by atoms with van der Waals surface area (Å²) in [6, 6.07) is 18.5. The molecule has 0 aromatic heterocycles. The van der Waals surface area contributed by atoms with Crippen molar-refractivity contribution in [3.05, 3.63) is 71.8 Å². The van der Waals surface area contributed by atoms with Crippen LogP contribution in [-0.4, -0.2) is 45.4 Å². The molecule has 0 fully saturated rings. The van der Waals surface area contributed by atoms with Gasteiger partial charge in [0.25, 0.3) is 0 Å². The molecule has 0 heterocycles. The molecule has 2 rings (SSSR count). The summed E-state index contributed by atoms with van der Waals surface area (Å²) < 4.78 is 24.6. The molecule has 2 atom stereocenters.